The molecule has 0 aromatic carbocycles. The predicted octanol–water partition coefficient (Wildman–Crippen LogP) is 1.18. The smallest absolute Gasteiger partial charge is 0.345 e. The van der Waals surface area contributed by atoms with Crippen LogP contribution in [0.3, 0.4) is 0 Å². The fraction of sp³-hybridized carbons (Fsp3) is 0.875. The largest absolute Gasteiger partial charge is 0.405 e. The van der Waals surface area contributed by atoms with Crippen molar-refractivity contribution in [3.05, 3.63) is 0 Å². The van der Waals surface area contributed by atoms with Crippen LogP contribution in [0.25, 0.3) is 0 Å². The Bertz CT molecular complexity index is 201. The number of rotatable bonds is 4. The molecule has 0 aromatic heterocycles. The predicted molar refractivity (Wildman–Crippen MR) is 46.6 cm³/mol. The van der Waals surface area contributed by atoms with Crippen LogP contribution in [-0.2, 0) is 4.79 Å². The topological polar surface area (TPSA) is 55.1 Å². The van der Waals surface area contributed by atoms with Gasteiger partial charge in [0.25, 0.3) is 0 Å². The zero-order valence-corrected chi connectivity index (χ0v) is 8.24. The minimum Gasteiger partial charge on any atom is -0.345 e. The number of nitrogens with one attached hydrogen (secondary N) is 1. The molecular weight excluding hydrogens is 197 g/mol. The van der Waals surface area contributed by atoms with E-state index in [1.54, 1.807) is 5.32 Å². The normalized spacial score (nSPS) is 16.1. The Hall–Kier alpha value is -0.780. The van der Waals surface area contributed by atoms with Crippen LogP contribution in [0.1, 0.15) is 26.7 Å². The van der Waals surface area contributed by atoms with E-state index >= 15 is 0 Å². The second-order valence-corrected chi connectivity index (χ2v) is 3.47. The zero-order valence-electron chi connectivity index (χ0n) is 8.24. The SMILES string of the molecule is CCC[C@@](C)(N)C(=O)NCC(F)(F)F. The van der Waals surface area contributed by atoms with Crippen LogP contribution in [-0.4, -0.2) is 24.2 Å². The van der Waals surface area contributed by atoms with Crippen molar-refractivity contribution in [2.45, 2.75) is 38.4 Å². The first-order chi connectivity index (χ1) is 6.19. The highest BCUT2D eigenvalue weighted by atomic mass is 19.4. The molecule has 0 spiro atoms. The summed E-state index contributed by atoms with van der Waals surface area (Å²) in [5.41, 5.74) is 4.30. The third kappa shape index (κ3) is 5.06. The minimum atomic E-state index is -4.39. The van der Waals surface area contributed by atoms with Gasteiger partial charge in [0, 0.05) is 0 Å². The molecule has 3 N–H and O–H groups in total. The van der Waals surface area contributed by atoms with E-state index in [1.807, 2.05) is 6.92 Å². The number of carbonyl (C=O) groups excluding carboxylic acids is 1. The van der Waals surface area contributed by atoms with Crippen molar-refractivity contribution in [3.63, 3.8) is 0 Å². The van der Waals surface area contributed by atoms with E-state index in [4.69, 9.17) is 5.73 Å². The summed E-state index contributed by atoms with van der Waals surface area (Å²) < 4.78 is 35.2. The summed E-state index contributed by atoms with van der Waals surface area (Å²) in [6, 6.07) is 0. The van der Waals surface area contributed by atoms with Gasteiger partial charge >= 0.3 is 6.18 Å². The van der Waals surface area contributed by atoms with E-state index in [2.05, 4.69) is 0 Å². The van der Waals surface area contributed by atoms with Gasteiger partial charge in [-0.1, -0.05) is 13.3 Å². The molecule has 0 unspecified atom stereocenters. The Morgan fingerprint density at radius 2 is 1.93 bits per heavy atom. The molecule has 1 atom stereocenters. The number of alkyl halides is 3. The van der Waals surface area contributed by atoms with Crippen molar-refractivity contribution in [1.82, 2.24) is 5.32 Å². The van der Waals surface area contributed by atoms with E-state index in [1.165, 1.54) is 6.92 Å². The van der Waals surface area contributed by atoms with Crippen molar-refractivity contribution in [3.8, 4) is 0 Å². The maximum absolute atomic E-state index is 11.7. The number of hydrogen-bond donors (Lipinski definition) is 2. The third-order valence-electron chi connectivity index (χ3n) is 1.74. The molecule has 0 heterocycles. The summed E-state index contributed by atoms with van der Waals surface area (Å²) in [5.74, 6) is -0.767. The molecule has 1 amide bonds. The lowest BCUT2D eigenvalue weighted by atomic mass is 9.97. The fourth-order valence-corrected chi connectivity index (χ4v) is 1.02. The second-order valence-electron chi connectivity index (χ2n) is 3.47. The van der Waals surface area contributed by atoms with Crippen molar-refractivity contribution in [1.29, 1.82) is 0 Å². The Balaban J connectivity index is 4.08. The van der Waals surface area contributed by atoms with Crippen LogP contribution in [0.4, 0.5) is 13.2 Å². The van der Waals surface area contributed by atoms with Crippen LogP contribution in [0.2, 0.25) is 0 Å². The molecule has 6 heteroatoms. The Morgan fingerprint density at radius 1 is 1.43 bits per heavy atom. The molecule has 0 radical (unpaired) electrons. The van der Waals surface area contributed by atoms with Crippen molar-refractivity contribution >= 4 is 5.91 Å². The molecule has 84 valence electrons. The Morgan fingerprint density at radius 3 is 2.29 bits per heavy atom. The molecular formula is C8H15F3N2O. The maximum atomic E-state index is 11.7. The van der Waals surface area contributed by atoms with E-state index < -0.39 is 24.2 Å². The standard InChI is InChI=1S/C8H15F3N2O/c1-3-4-7(2,12)6(14)13-5-8(9,10)11/h3-5,12H2,1-2H3,(H,13,14)/t7-/m1/s1. The van der Waals surface area contributed by atoms with E-state index in [0.717, 1.165) is 0 Å². The number of halogens is 3. The number of hydrogen-bond acceptors (Lipinski definition) is 2. The summed E-state index contributed by atoms with van der Waals surface area (Å²) in [4.78, 5) is 11.2. The van der Waals surface area contributed by atoms with Gasteiger partial charge in [-0.3, -0.25) is 4.79 Å². The zero-order chi connectivity index (χ0) is 11.4. The van der Waals surface area contributed by atoms with Gasteiger partial charge in [-0.2, -0.15) is 13.2 Å². The average Bonchev–Trinajstić information content (AvgIpc) is 1.98. The highest BCUT2D eigenvalue weighted by Crippen LogP contribution is 2.14. The first kappa shape index (κ1) is 13.2. The van der Waals surface area contributed by atoms with Gasteiger partial charge in [-0.05, 0) is 13.3 Å². The summed E-state index contributed by atoms with van der Waals surface area (Å²) in [6.07, 6.45) is -3.39. The summed E-state index contributed by atoms with van der Waals surface area (Å²) >= 11 is 0. The Labute approximate surface area is 80.8 Å². The van der Waals surface area contributed by atoms with Gasteiger partial charge < -0.3 is 11.1 Å². The molecule has 0 aliphatic carbocycles. The molecule has 14 heavy (non-hydrogen) atoms. The van der Waals surface area contributed by atoms with Crippen LogP contribution < -0.4 is 11.1 Å². The first-order valence-electron chi connectivity index (χ1n) is 4.33. The van der Waals surface area contributed by atoms with E-state index in [0.29, 0.717) is 12.8 Å². The molecule has 0 rings (SSSR count). The fourth-order valence-electron chi connectivity index (χ4n) is 1.02. The van der Waals surface area contributed by atoms with Gasteiger partial charge in [0.15, 0.2) is 0 Å². The molecule has 0 fully saturated rings. The molecule has 0 aromatic rings. The van der Waals surface area contributed by atoms with Crippen molar-refractivity contribution in [2.75, 3.05) is 6.54 Å². The Kier molecular flexibility index (Phi) is 4.38. The summed E-state index contributed by atoms with van der Waals surface area (Å²) in [6.45, 7) is 1.90. The quantitative estimate of drug-likeness (QED) is 0.735. The third-order valence-corrected chi connectivity index (χ3v) is 1.74. The number of nitrogens with two attached hydrogens (primary N) is 1. The molecule has 0 saturated carbocycles. The van der Waals surface area contributed by atoms with Gasteiger partial charge in [0.2, 0.25) is 5.91 Å². The second kappa shape index (κ2) is 4.63. The highest BCUT2D eigenvalue weighted by Gasteiger charge is 2.32. The summed E-state index contributed by atoms with van der Waals surface area (Å²) in [5, 5.41) is 1.76. The minimum absolute atomic E-state index is 0.358. The lowest BCUT2D eigenvalue weighted by Crippen LogP contribution is -2.53. The molecule has 0 bridgehead atoms. The van der Waals surface area contributed by atoms with Gasteiger partial charge in [0.1, 0.15) is 6.54 Å². The summed E-state index contributed by atoms with van der Waals surface area (Å²) in [7, 11) is 0. The van der Waals surface area contributed by atoms with Crippen LogP contribution >= 0.6 is 0 Å². The molecule has 3 nitrogen and oxygen atoms in total. The van der Waals surface area contributed by atoms with Crippen LogP contribution in [0.15, 0.2) is 0 Å². The van der Waals surface area contributed by atoms with Gasteiger partial charge in [0.05, 0.1) is 5.54 Å². The average molecular weight is 212 g/mol. The van der Waals surface area contributed by atoms with Crippen molar-refractivity contribution in [2.24, 2.45) is 5.73 Å². The molecule has 0 saturated heterocycles. The van der Waals surface area contributed by atoms with Gasteiger partial charge in [-0.25, -0.2) is 0 Å². The van der Waals surface area contributed by atoms with E-state index in [-0.39, 0.29) is 0 Å². The lowest BCUT2D eigenvalue weighted by molar-refractivity contribution is -0.141. The number of carbonyl (C=O) groups is 1. The van der Waals surface area contributed by atoms with Crippen LogP contribution in [0, 0.1) is 0 Å². The molecule has 0 aliphatic rings. The highest BCUT2D eigenvalue weighted by molar-refractivity contribution is 5.85. The monoisotopic (exact) mass is 212 g/mol. The van der Waals surface area contributed by atoms with Crippen molar-refractivity contribution < 1.29 is 18.0 Å². The lowest BCUT2D eigenvalue weighted by Gasteiger charge is -2.23. The molecule has 0 aliphatic heterocycles. The maximum Gasteiger partial charge on any atom is 0.405 e. The first-order valence-corrected chi connectivity index (χ1v) is 4.33. The number of amides is 1. The van der Waals surface area contributed by atoms with Crippen LogP contribution in [0.5, 0.6) is 0 Å². The van der Waals surface area contributed by atoms with E-state index in [9.17, 15) is 18.0 Å². The van der Waals surface area contributed by atoms with Gasteiger partial charge in [-0.15, -0.1) is 0 Å².